The Bertz CT molecular complexity index is 314. The molecule has 0 saturated heterocycles. The van der Waals surface area contributed by atoms with Crippen LogP contribution in [-0.2, 0) is 6.54 Å². The zero-order valence-electron chi connectivity index (χ0n) is 10.9. The number of ether oxygens (including phenoxy) is 1. The van der Waals surface area contributed by atoms with Gasteiger partial charge in [-0.05, 0) is 34.6 Å². The Morgan fingerprint density at radius 2 is 2.19 bits per heavy atom. The van der Waals surface area contributed by atoms with Crippen molar-refractivity contribution in [2.24, 2.45) is 0 Å². The lowest BCUT2D eigenvalue weighted by Crippen LogP contribution is -2.41. The van der Waals surface area contributed by atoms with Crippen LogP contribution in [0.2, 0.25) is 0 Å². The smallest absolute Gasteiger partial charge is 0.157 e. The van der Waals surface area contributed by atoms with E-state index in [1.807, 2.05) is 10.9 Å². The highest BCUT2D eigenvalue weighted by Gasteiger charge is 2.12. The number of hydrogen-bond donors (Lipinski definition) is 1. The SMILES string of the molecule is CCn1cc(OC(C)CNC(C)(C)C)cn1. The maximum absolute atomic E-state index is 5.75. The minimum atomic E-state index is 0.130. The lowest BCUT2D eigenvalue weighted by Gasteiger charge is -2.23. The van der Waals surface area contributed by atoms with Crippen LogP contribution in [0.1, 0.15) is 34.6 Å². The Hall–Kier alpha value is -1.03. The zero-order valence-corrected chi connectivity index (χ0v) is 10.9. The Kier molecular flexibility index (Phi) is 4.35. The molecule has 0 radical (unpaired) electrons. The average Bonchev–Trinajstić information content (AvgIpc) is 2.61. The van der Waals surface area contributed by atoms with Crippen molar-refractivity contribution >= 4 is 0 Å². The molecular weight excluding hydrogens is 202 g/mol. The molecule has 4 nitrogen and oxygen atoms in total. The molecule has 0 bridgehead atoms. The van der Waals surface area contributed by atoms with Gasteiger partial charge in [-0.3, -0.25) is 4.68 Å². The molecule has 0 fully saturated rings. The molecular formula is C12H23N3O. The highest BCUT2D eigenvalue weighted by molar-refractivity contribution is 5.12. The summed E-state index contributed by atoms with van der Waals surface area (Å²) in [7, 11) is 0. The summed E-state index contributed by atoms with van der Waals surface area (Å²) in [5.41, 5.74) is 0.130. The number of aromatic nitrogens is 2. The van der Waals surface area contributed by atoms with Crippen molar-refractivity contribution in [1.29, 1.82) is 0 Å². The molecule has 0 aromatic carbocycles. The van der Waals surface area contributed by atoms with Crippen LogP contribution in [0.3, 0.4) is 0 Å². The van der Waals surface area contributed by atoms with Crippen molar-refractivity contribution in [3.8, 4) is 5.75 Å². The van der Waals surface area contributed by atoms with Gasteiger partial charge in [0.2, 0.25) is 0 Å². The second kappa shape index (κ2) is 5.34. The van der Waals surface area contributed by atoms with Crippen molar-refractivity contribution < 1.29 is 4.74 Å². The van der Waals surface area contributed by atoms with E-state index in [0.29, 0.717) is 0 Å². The predicted octanol–water partition coefficient (Wildman–Crippen LogP) is 2.06. The normalized spacial score (nSPS) is 13.8. The standard InChI is InChI=1S/C12H23N3O/c1-6-15-9-11(8-14-15)16-10(2)7-13-12(3,4)5/h8-10,13H,6-7H2,1-5H3. The first kappa shape index (κ1) is 13.0. The molecule has 1 unspecified atom stereocenters. The summed E-state index contributed by atoms with van der Waals surface area (Å²) in [6.07, 6.45) is 3.83. The molecule has 0 saturated carbocycles. The molecule has 1 atom stereocenters. The van der Waals surface area contributed by atoms with Crippen molar-refractivity contribution in [1.82, 2.24) is 15.1 Å². The third kappa shape index (κ3) is 4.66. The number of nitrogens with one attached hydrogen (secondary N) is 1. The lowest BCUT2D eigenvalue weighted by atomic mass is 10.1. The molecule has 0 spiro atoms. The van der Waals surface area contributed by atoms with Gasteiger partial charge in [0, 0.05) is 18.6 Å². The van der Waals surface area contributed by atoms with Crippen LogP contribution < -0.4 is 10.1 Å². The number of nitrogens with zero attached hydrogens (tertiary/aromatic N) is 2. The fourth-order valence-electron chi connectivity index (χ4n) is 1.30. The van der Waals surface area contributed by atoms with E-state index in [2.05, 4.69) is 45.0 Å². The summed E-state index contributed by atoms with van der Waals surface area (Å²) >= 11 is 0. The first-order valence-electron chi connectivity index (χ1n) is 5.85. The van der Waals surface area contributed by atoms with Gasteiger partial charge < -0.3 is 10.1 Å². The second-order valence-electron chi connectivity index (χ2n) is 5.09. The minimum absolute atomic E-state index is 0.130. The van der Waals surface area contributed by atoms with Crippen molar-refractivity contribution in [2.75, 3.05) is 6.54 Å². The number of rotatable bonds is 5. The van der Waals surface area contributed by atoms with Gasteiger partial charge in [0.15, 0.2) is 5.75 Å². The minimum Gasteiger partial charge on any atom is -0.486 e. The topological polar surface area (TPSA) is 39.1 Å². The Morgan fingerprint density at radius 3 is 2.69 bits per heavy atom. The molecule has 1 rings (SSSR count). The molecule has 0 aliphatic rings. The van der Waals surface area contributed by atoms with Gasteiger partial charge in [-0.1, -0.05) is 0 Å². The van der Waals surface area contributed by atoms with Gasteiger partial charge in [0.1, 0.15) is 6.10 Å². The van der Waals surface area contributed by atoms with Gasteiger partial charge in [-0.15, -0.1) is 0 Å². The van der Waals surface area contributed by atoms with E-state index in [1.54, 1.807) is 6.20 Å². The second-order valence-corrected chi connectivity index (χ2v) is 5.09. The molecule has 1 aromatic heterocycles. The molecule has 0 aliphatic carbocycles. The van der Waals surface area contributed by atoms with E-state index in [-0.39, 0.29) is 11.6 Å². The summed E-state index contributed by atoms with van der Waals surface area (Å²) in [6.45, 7) is 12.3. The molecule has 92 valence electrons. The van der Waals surface area contributed by atoms with E-state index in [9.17, 15) is 0 Å². The molecule has 1 N–H and O–H groups in total. The number of hydrogen-bond acceptors (Lipinski definition) is 3. The predicted molar refractivity (Wildman–Crippen MR) is 65.7 cm³/mol. The molecule has 4 heteroatoms. The van der Waals surface area contributed by atoms with E-state index in [4.69, 9.17) is 4.74 Å². The summed E-state index contributed by atoms with van der Waals surface area (Å²) in [5, 5.41) is 7.58. The third-order valence-corrected chi connectivity index (χ3v) is 2.19. The highest BCUT2D eigenvalue weighted by atomic mass is 16.5. The Labute approximate surface area is 98.0 Å². The molecule has 1 heterocycles. The quantitative estimate of drug-likeness (QED) is 0.833. The van der Waals surface area contributed by atoms with Crippen molar-refractivity contribution in [3.63, 3.8) is 0 Å². The van der Waals surface area contributed by atoms with E-state index in [1.165, 1.54) is 0 Å². The summed E-state index contributed by atoms with van der Waals surface area (Å²) in [5.74, 6) is 0.838. The fourth-order valence-corrected chi connectivity index (χ4v) is 1.30. The third-order valence-electron chi connectivity index (χ3n) is 2.19. The highest BCUT2D eigenvalue weighted by Crippen LogP contribution is 2.10. The van der Waals surface area contributed by atoms with Gasteiger partial charge in [-0.2, -0.15) is 5.10 Å². The van der Waals surface area contributed by atoms with Gasteiger partial charge in [0.05, 0.1) is 12.4 Å². The van der Waals surface area contributed by atoms with E-state index >= 15 is 0 Å². The monoisotopic (exact) mass is 225 g/mol. The van der Waals surface area contributed by atoms with Gasteiger partial charge in [-0.25, -0.2) is 0 Å². The van der Waals surface area contributed by atoms with Crippen LogP contribution in [0.4, 0.5) is 0 Å². The largest absolute Gasteiger partial charge is 0.486 e. The Balaban J connectivity index is 2.36. The Morgan fingerprint density at radius 1 is 1.50 bits per heavy atom. The maximum atomic E-state index is 5.75. The summed E-state index contributed by atoms with van der Waals surface area (Å²) in [6, 6.07) is 0. The van der Waals surface area contributed by atoms with E-state index in [0.717, 1.165) is 18.8 Å². The average molecular weight is 225 g/mol. The molecule has 1 aromatic rings. The fraction of sp³-hybridized carbons (Fsp3) is 0.750. The molecule has 0 aliphatic heterocycles. The van der Waals surface area contributed by atoms with E-state index < -0.39 is 0 Å². The zero-order chi connectivity index (χ0) is 12.2. The maximum Gasteiger partial charge on any atom is 0.157 e. The molecule has 16 heavy (non-hydrogen) atoms. The van der Waals surface area contributed by atoms with Crippen LogP contribution in [-0.4, -0.2) is 28.0 Å². The van der Waals surface area contributed by atoms with Crippen LogP contribution in [0.15, 0.2) is 12.4 Å². The number of aryl methyl sites for hydroxylation is 1. The van der Waals surface area contributed by atoms with Crippen molar-refractivity contribution in [2.45, 2.75) is 52.8 Å². The van der Waals surface area contributed by atoms with Crippen LogP contribution in [0, 0.1) is 0 Å². The van der Waals surface area contributed by atoms with Crippen molar-refractivity contribution in [3.05, 3.63) is 12.4 Å². The summed E-state index contributed by atoms with van der Waals surface area (Å²) in [4.78, 5) is 0. The van der Waals surface area contributed by atoms with Crippen LogP contribution >= 0.6 is 0 Å². The first-order valence-corrected chi connectivity index (χ1v) is 5.85. The first-order chi connectivity index (χ1) is 7.40. The molecule has 0 amide bonds. The lowest BCUT2D eigenvalue weighted by molar-refractivity contribution is 0.203. The summed E-state index contributed by atoms with van der Waals surface area (Å²) < 4.78 is 7.61. The van der Waals surface area contributed by atoms with Crippen LogP contribution in [0.5, 0.6) is 5.75 Å². The van der Waals surface area contributed by atoms with Gasteiger partial charge in [0.25, 0.3) is 0 Å². The van der Waals surface area contributed by atoms with Crippen LogP contribution in [0.25, 0.3) is 0 Å². The van der Waals surface area contributed by atoms with Gasteiger partial charge >= 0.3 is 0 Å².